The zero-order valence-electron chi connectivity index (χ0n) is 6.79. The van der Waals surface area contributed by atoms with Gasteiger partial charge in [0.25, 0.3) is 0 Å². The number of aliphatic carboxylic acids is 1. The zero-order chi connectivity index (χ0) is 8.15. The molecule has 0 saturated heterocycles. The lowest BCUT2D eigenvalue weighted by molar-refractivity contribution is -0.142. The molecule has 0 aromatic heterocycles. The van der Waals surface area contributed by atoms with Crippen LogP contribution in [0.15, 0.2) is 0 Å². The molecular weight excluding hydrogens is 130 g/mol. The van der Waals surface area contributed by atoms with Gasteiger partial charge in [-0.1, -0.05) is 13.8 Å². The van der Waals surface area contributed by atoms with Crippen molar-refractivity contribution in [2.24, 2.45) is 0 Å². The summed E-state index contributed by atoms with van der Waals surface area (Å²) >= 11 is 0. The summed E-state index contributed by atoms with van der Waals surface area (Å²) in [6.45, 7) is 4.61. The number of nitrogens with zero attached hydrogens (tertiary/aromatic N) is 1. The van der Waals surface area contributed by atoms with Gasteiger partial charge in [-0.3, -0.25) is 9.69 Å². The molecule has 0 bridgehead atoms. The van der Waals surface area contributed by atoms with E-state index in [2.05, 4.69) is 0 Å². The average molecular weight is 145 g/mol. The summed E-state index contributed by atoms with van der Waals surface area (Å²) in [5.74, 6) is -0.730. The maximum Gasteiger partial charge on any atom is 0.320 e. The van der Waals surface area contributed by atoms with Crippen molar-refractivity contribution in [3.8, 4) is 0 Å². The molecular formula is C7H15NO2. The van der Waals surface area contributed by atoms with Crippen LogP contribution < -0.4 is 0 Å². The predicted octanol–water partition coefficient (Wildman–Crippen LogP) is 0.801. The summed E-state index contributed by atoms with van der Waals surface area (Å²) in [6, 6.07) is -0.315. The number of carbonyl (C=O) groups is 1. The minimum atomic E-state index is -0.730. The van der Waals surface area contributed by atoms with Gasteiger partial charge in [0.15, 0.2) is 0 Å². The molecule has 0 heterocycles. The second kappa shape index (κ2) is 4.28. The molecule has 0 amide bonds. The van der Waals surface area contributed by atoms with Crippen LogP contribution >= 0.6 is 0 Å². The van der Waals surface area contributed by atoms with Crippen molar-refractivity contribution in [3.05, 3.63) is 0 Å². The van der Waals surface area contributed by atoms with Crippen LogP contribution in [0.2, 0.25) is 0 Å². The van der Waals surface area contributed by atoms with E-state index in [1.807, 2.05) is 25.8 Å². The van der Waals surface area contributed by atoms with Gasteiger partial charge in [0.2, 0.25) is 0 Å². The van der Waals surface area contributed by atoms with Crippen molar-refractivity contribution in [1.82, 2.24) is 4.90 Å². The Morgan fingerprint density at radius 3 is 2.20 bits per heavy atom. The number of likely N-dealkylation sites (N-methyl/N-ethyl adjacent to an activating group) is 1. The van der Waals surface area contributed by atoms with Crippen LogP contribution in [-0.2, 0) is 4.79 Å². The molecule has 0 aliphatic rings. The SMILES string of the molecule is CC[C@H](C(=O)O)N(C)CC. The monoisotopic (exact) mass is 145 g/mol. The van der Waals surface area contributed by atoms with Crippen LogP contribution in [0, 0.1) is 0 Å². The van der Waals surface area contributed by atoms with Gasteiger partial charge in [-0.25, -0.2) is 0 Å². The number of hydrogen-bond donors (Lipinski definition) is 1. The van der Waals surface area contributed by atoms with Gasteiger partial charge in [-0.15, -0.1) is 0 Å². The number of hydrogen-bond acceptors (Lipinski definition) is 2. The molecule has 0 aromatic carbocycles. The molecule has 0 fully saturated rings. The van der Waals surface area contributed by atoms with Crippen LogP contribution in [0.25, 0.3) is 0 Å². The zero-order valence-corrected chi connectivity index (χ0v) is 6.79. The van der Waals surface area contributed by atoms with Crippen molar-refractivity contribution in [1.29, 1.82) is 0 Å². The largest absolute Gasteiger partial charge is 0.480 e. The minimum absolute atomic E-state index is 0.315. The second-order valence-electron chi connectivity index (χ2n) is 2.34. The Morgan fingerprint density at radius 2 is 2.10 bits per heavy atom. The molecule has 1 N–H and O–H groups in total. The third kappa shape index (κ3) is 2.35. The smallest absolute Gasteiger partial charge is 0.320 e. The Hall–Kier alpha value is -0.570. The predicted molar refractivity (Wildman–Crippen MR) is 40.0 cm³/mol. The highest BCUT2D eigenvalue weighted by Crippen LogP contribution is 1.99. The van der Waals surface area contributed by atoms with Crippen molar-refractivity contribution in [2.75, 3.05) is 13.6 Å². The van der Waals surface area contributed by atoms with E-state index >= 15 is 0 Å². The molecule has 0 unspecified atom stereocenters. The van der Waals surface area contributed by atoms with E-state index in [9.17, 15) is 4.79 Å². The van der Waals surface area contributed by atoms with Crippen LogP contribution in [0.4, 0.5) is 0 Å². The molecule has 0 aliphatic carbocycles. The Labute approximate surface area is 61.6 Å². The first-order valence-electron chi connectivity index (χ1n) is 3.56. The molecule has 3 nitrogen and oxygen atoms in total. The lowest BCUT2D eigenvalue weighted by Crippen LogP contribution is -2.37. The van der Waals surface area contributed by atoms with E-state index in [1.165, 1.54) is 0 Å². The van der Waals surface area contributed by atoms with E-state index in [-0.39, 0.29) is 6.04 Å². The van der Waals surface area contributed by atoms with Gasteiger partial charge in [-0.2, -0.15) is 0 Å². The average Bonchev–Trinajstić information content (AvgIpc) is 1.88. The molecule has 0 aliphatic heterocycles. The fraction of sp³-hybridized carbons (Fsp3) is 0.857. The quantitative estimate of drug-likeness (QED) is 0.636. The number of rotatable bonds is 4. The van der Waals surface area contributed by atoms with Crippen LogP contribution in [0.3, 0.4) is 0 Å². The summed E-state index contributed by atoms with van der Waals surface area (Å²) < 4.78 is 0. The molecule has 0 rings (SSSR count). The molecule has 60 valence electrons. The Balaban J connectivity index is 3.92. The Morgan fingerprint density at radius 1 is 1.60 bits per heavy atom. The van der Waals surface area contributed by atoms with E-state index < -0.39 is 5.97 Å². The van der Waals surface area contributed by atoms with Gasteiger partial charge < -0.3 is 5.11 Å². The maximum absolute atomic E-state index is 10.5. The van der Waals surface area contributed by atoms with E-state index in [0.717, 1.165) is 6.54 Å². The van der Waals surface area contributed by atoms with Crippen molar-refractivity contribution >= 4 is 5.97 Å². The van der Waals surface area contributed by atoms with Gasteiger partial charge in [-0.05, 0) is 20.0 Å². The normalized spacial score (nSPS) is 13.6. The first-order valence-corrected chi connectivity index (χ1v) is 3.56. The lowest BCUT2D eigenvalue weighted by Gasteiger charge is -2.20. The highest BCUT2D eigenvalue weighted by atomic mass is 16.4. The van der Waals surface area contributed by atoms with Crippen LogP contribution in [-0.4, -0.2) is 35.6 Å². The minimum Gasteiger partial charge on any atom is -0.480 e. The summed E-state index contributed by atoms with van der Waals surface area (Å²) in [4.78, 5) is 12.3. The summed E-state index contributed by atoms with van der Waals surface area (Å²) in [5, 5.41) is 8.63. The summed E-state index contributed by atoms with van der Waals surface area (Å²) in [5.41, 5.74) is 0. The highest BCUT2D eigenvalue weighted by molar-refractivity contribution is 5.73. The van der Waals surface area contributed by atoms with E-state index in [1.54, 1.807) is 0 Å². The summed E-state index contributed by atoms with van der Waals surface area (Å²) in [6.07, 6.45) is 0.666. The van der Waals surface area contributed by atoms with Gasteiger partial charge >= 0.3 is 5.97 Å². The molecule has 0 spiro atoms. The first kappa shape index (κ1) is 9.43. The van der Waals surface area contributed by atoms with Gasteiger partial charge in [0.1, 0.15) is 6.04 Å². The summed E-state index contributed by atoms with van der Waals surface area (Å²) in [7, 11) is 1.82. The molecule has 3 heteroatoms. The topological polar surface area (TPSA) is 40.5 Å². The number of carboxylic acid groups (broad SMARTS) is 1. The van der Waals surface area contributed by atoms with E-state index in [4.69, 9.17) is 5.11 Å². The van der Waals surface area contributed by atoms with Crippen molar-refractivity contribution in [2.45, 2.75) is 26.3 Å². The highest BCUT2D eigenvalue weighted by Gasteiger charge is 2.17. The Bertz CT molecular complexity index is 114. The van der Waals surface area contributed by atoms with Crippen LogP contribution in [0.5, 0.6) is 0 Å². The molecule has 0 aromatic rings. The van der Waals surface area contributed by atoms with E-state index in [0.29, 0.717) is 6.42 Å². The van der Waals surface area contributed by atoms with Crippen molar-refractivity contribution < 1.29 is 9.90 Å². The van der Waals surface area contributed by atoms with Crippen molar-refractivity contribution in [3.63, 3.8) is 0 Å². The molecule has 10 heavy (non-hydrogen) atoms. The molecule has 0 radical (unpaired) electrons. The fourth-order valence-corrected chi connectivity index (χ4v) is 0.895. The van der Waals surface area contributed by atoms with Gasteiger partial charge in [0, 0.05) is 0 Å². The Kier molecular flexibility index (Phi) is 4.03. The lowest BCUT2D eigenvalue weighted by atomic mass is 10.2. The first-order chi connectivity index (χ1) is 4.63. The molecule has 0 saturated carbocycles. The standard InChI is InChI=1S/C7H15NO2/c1-4-6(7(9)10)8(3)5-2/h6H,4-5H2,1-3H3,(H,9,10)/t6-/m1/s1. The maximum atomic E-state index is 10.5. The third-order valence-corrected chi connectivity index (χ3v) is 1.70. The molecule has 1 atom stereocenters. The van der Waals surface area contributed by atoms with Crippen LogP contribution in [0.1, 0.15) is 20.3 Å². The van der Waals surface area contributed by atoms with Gasteiger partial charge in [0.05, 0.1) is 0 Å². The third-order valence-electron chi connectivity index (χ3n) is 1.70. The second-order valence-corrected chi connectivity index (χ2v) is 2.34. The fourth-order valence-electron chi connectivity index (χ4n) is 0.895. The number of carboxylic acids is 1.